The number of hydrogen-bond acceptors (Lipinski definition) is 1. The second-order valence-corrected chi connectivity index (χ2v) is 6.53. The molecule has 1 nitrogen and oxygen atoms in total. The first kappa shape index (κ1) is 20.7. The fourth-order valence-corrected chi connectivity index (χ4v) is 2.40. The van der Waals surface area contributed by atoms with E-state index in [1.54, 1.807) is 0 Å². The van der Waals surface area contributed by atoms with Crippen LogP contribution in [-0.4, -0.2) is 12.7 Å². The van der Waals surface area contributed by atoms with Crippen LogP contribution in [0.3, 0.4) is 0 Å². The lowest BCUT2D eigenvalue weighted by molar-refractivity contribution is 0.0935. The lowest BCUT2D eigenvalue weighted by Crippen LogP contribution is -2.06. The fraction of sp³-hybridized carbons (Fsp3) is 0.900. The predicted molar refractivity (Wildman–Crippen MR) is 95.9 cm³/mol. The van der Waals surface area contributed by atoms with Crippen molar-refractivity contribution in [3.05, 3.63) is 12.2 Å². The molecule has 0 saturated carbocycles. The van der Waals surface area contributed by atoms with Crippen molar-refractivity contribution in [1.29, 1.82) is 0 Å². The zero-order chi connectivity index (χ0) is 15.8. The lowest BCUT2D eigenvalue weighted by atomic mass is 10.1. The quantitative estimate of drug-likeness (QED) is 0.235. The van der Waals surface area contributed by atoms with Crippen LogP contribution in [0.2, 0.25) is 0 Å². The summed E-state index contributed by atoms with van der Waals surface area (Å²) in [6, 6.07) is 0. The maximum atomic E-state index is 5.82. The van der Waals surface area contributed by atoms with Crippen molar-refractivity contribution in [1.82, 2.24) is 0 Å². The largest absolute Gasteiger partial charge is 0.374 e. The van der Waals surface area contributed by atoms with E-state index >= 15 is 0 Å². The van der Waals surface area contributed by atoms with Gasteiger partial charge in [-0.05, 0) is 19.3 Å². The van der Waals surface area contributed by atoms with E-state index in [0.29, 0.717) is 5.92 Å². The van der Waals surface area contributed by atoms with E-state index in [-0.39, 0.29) is 6.10 Å². The Morgan fingerprint density at radius 1 is 0.714 bits per heavy atom. The zero-order valence-corrected chi connectivity index (χ0v) is 15.2. The average molecular weight is 297 g/mol. The first-order valence-corrected chi connectivity index (χ1v) is 9.50. The highest BCUT2D eigenvalue weighted by Gasteiger charge is 1.98. The first-order valence-electron chi connectivity index (χ1n) is 9.50. The van der Waals surface area contributed by atoms with Gasteiger partial charge in [0.1, 0.15) is 0 Å². The van der Waals surface area contributed by atoms with Gasteiger partial charge >= 0.3 is 0 Å². The van der Waals surface area contributed by atoms with Crippen molar-refractivity contribution in [2.75, 3.05) is 6.61 Å². The molecule has 0 heterocycles. The SMILES string of the molecule is CCCCCCCCCCCCOC(C)/C=C/C(C)CC. The Morgan fingerprint density at radius 3 is 1.76 bits per heavy atom. The topological polar surface area (TPSA) is 9.23 Å². The highest BCUT2D eigenvalue weighted by atomic mass is 16.5. The summed E-state index contributed by atoms with van der Waals surface area (Å²) in [4.78, 5) is 0. The van der Waals surface area contributed by atoms with E-state index in [1.807, 2.05) is 0 Å². The fourth-order valence-electron chi connectivity index (χ4n) is 2.40. The van der Waals surface area contributed by atoms with Crippen LogP contribution in [0.1, 0.15) is 98.3 Å². The maximum Gasteiger partial charge on any atom is 0.0727 e. The molecule has 0 bridgehead atoms. The molecule has 0 fully saturated rings. The molecule has 0 amide bonds. The lowest BCUT2D eigenvalue weighted by Gasteiger charge is -2.10. The van der Waals surface area contributed by atoms with Crippen LogP contribution < -0.4 is 0 Å². The standard InChI is InChI=1S/C20H40O/c1-5-7-8-9-10-11-12-13-14-15-18-21-20(4)17-16-19(3)6-2/h16-17,19-20H,5-15,18H2,1-4H3/b17-16+. The van der Waals surface area contributed by atoms with Crippen LogP contribution in [0, 0.1) is 5.92 Å². The molecule has 0 aromatic rings. The molecule has 126 valence electrons. The Kier molecular flexibility index (Phi) is 15.8. The highest BCUT2D eigenvalue weighted by Crippen LogP contribution is 2.11. The molecule has 1 heteroatoms. The number of rotatable bonds is 15. The van der Waals surface area contributed by atoms with Crippen LogP contribution >= 0.6 is 0 Å². The Bertz CT molecular complexity index is 222. The number of allylic oxidation sites excluding steroid dienone is 1. The number of unbranched alkanes of at least 4 members (excludes halogenated alkanes) is 9. The van der Waals surface area contributed by atoms with Gasteiger partial charge in [0.25, 0.3) is 0 Å². The summed E-state index contributed by atoms with van der Waals surface area (Å²) in [6.07, 6.45) is 19.8. The Morgan fingerprint density at radius 2 is 1.24 bits per heavy atom. The van der Waals surface area contributed by atoms with Crippen molar-refractivity contribution in [2.24, 2.45) is 5.92 Å². The zero-order valence-electron chi connectivity index (χ0n) is 15.2. The van der Waals surface area contributed by atoms with Gasteiger partial charge in [0.2, 0.25) is 0 Å². The molecule has 0 aliphatic rings. The van der Waals surface area contributed by atoms with Crippen LogP contribution in [0.5, 0.6) is 0 Å². The number of hydrogen-bond donors (Lipinski definition) is 0. The summed E-state index contributed by atoms with van der Waals surface area (Å²) < 4.78 is 5.82. The second-order valence-electron chi connectivity index (χ2n) is 6.53. The van der Waals surface area contributed by atoms with Crippen LogP contribution in [0.25, 0.3) is 0 Å². The Balaban J connectivity index is 3.23. The van der Waals surface area contributed by atoms with Gasteiger partial charge in [0.05, 0.1) is 6.10 Å². The third-order valence-corrected chi connectivity index (χ3v) is 4.23. The third-order valence-electron chi connectivity index (χ3n) is 4.23. The van der Waals surface area contributed by atoms with Crippen molar-refractivity contribution in [3.8, 4) is 0 Å². The summed E-state index contributed by atoms with van der Waals surface area (Å²) in [5, 5.41) is 0. The van der Waals surface area contributed by atoms with Crippen molar-refractivity contribution in [2.45, 2.75) is 104 Å². The van der Waals surface area contributed by atoms with E-state index in [4.69, 9.17) is 4.74 Å². The summed E-state index contributed by atoms with van der Waals surface area (Å²) in [5.41, 5.74) is 0. The van der Waals surface area contributed by atoms with Gasteiger partial charge < -0.3 is 4.74 Å². The molecule has 2 atom stereocenters. The first-order chi connectivity index (χ1) is 10.2. The summed E-state index contributed by atoms with van der Waals surface area (Å²) in [5.74, 6) is 0.674. The molecule has 0 aromatic heterocycles. The summed E-state index contributed by atoms with van der Waals surface area (Å²) in [7, 11) is 0. The van der Waals surface area contributed by atoms with Gasteiger partial charge in [0.15, 0.2) is 0 Å². The van der Waals surface area contributed by atoms with Crippen molar-refractivity contribution < 1.29 is 4.74 Å². The Hall–Kier alpha value is -0.300. The molecule has 0 N–H and O–H groups in total. The van der Waals surface area contributed by atoms with Gasteiger partial charge in [-0.2, -0.15) is 0 Å². The van der Waals surface area contributed by atoms with Crippen LogP contribution in [0.15, 0.2) is 12.2 Å². The van der Waals surface area contributed by atoms with E-state index in [9.17, 15) is 0 Å². The molecule has 2 unspecified atom stereocenters. The molecular formula is C20H40O. The molecule has 0 spiro atoms. The molecule has 0 rings (SSSR count). The minimum atomic E-state index is 0.276. The normalized spacial score (nSPS) is 14.7. The van der Waals surface area contributed by atoms with Crippen molar-refractivity contribution in [3.63, 3.8) is 0 Å². The summed E-state index contributed by atoms with van der Waals surface area (Å²) in [6.45, 7) is 9.83. The third kappa shape index (κ3) is 15.9. The average Bonchev–Trinajstić information content (AvgIpc) is 2.50. The molecule has 0 saturated heterocycles. The van der Waals surface area contributed by atoms with Crippen molar-refractivity contribution >= 4 is 0 Å². The van der Waals surface area contributed by atoms with Gasteiger partial charge in [-0.25, -0.2) is 0 Å². The van der Waals surface area contributed by atoms with Crippen LogP contribution in [0.4, 0.5) is 0 Å². The summed E-state index contributed by atoms with van der Waals surface area (Å²) >= 11 is 0. The maximum absolute atomic E-state index is 5.82. The van der Waals surface area contributed by atoms with E-state index in [2.05, 4.69) is 39.8 Å². The van der Waals surface area contributed by atoms with Gasteiger partial charge in [-0.3, -0.25) is 0 Å². The molecule has 0 radical (unpaired) electrons. The molecule has 0 aliphatic carbocycles. The van der Waals surface area contributed by atoms with Gasteiger partial charge in [-0.15, -0.1) is 0 Å². The van der Waals surface area contributed by atoms with E-state index in [1.165, 1.54) is 70.6 Å². The smallest absolute Gasteiger partial charge is 0.0727 e. The van der Waals surface area contributed by atoms with E-state index in [0.717, 1.165) is 6.61 Å². The molecule has 0 aliphatic heterocycles. The number of ether oxygens (including phenoxy) is 1. The molecule has 21 heavy (non-hydrogen) atoms. The minimum absolute atomic E-state index is 0.276. The highest BCUT2D eigenvalue weighted by molar-refractivity contribution is 4.90. The second kappa shape index (κ2) is 16.1. The Labute approximate surface area is 134 Å². The molecule has 0 aromatic carbocycles. The minimum Gasteiger partial charge on any atom is -0.374 e. The van der Waals surface area contributed by atoms with E-state index < -0.39 is 0 Å². The van der Waals surface area contributed by atoms with Crippen LogP contribution in [-0.2, 0) is 4.74 Å². The monoisotopic (exact) mass is 296 g/mol. The molecular weight excluding hydrogens is 256 g/mol. The van der Waals surface area contributed by atoms with Gasteiger partial charge in [0, 0.05) is 6.61 Å². The predicted octanol–water partition coefficient (Wildman–Crippen LogP) is 6.91. The van der Waals surface area contributed by atoms with Gasteiger partial charge in [-0.1, -0.05) is 97.1 Å².